The molecule has 0 atom stereocenters. The van der Waals surface area contributed by atoms with Gasteiger partial charge in [0.2, 0.25) is 5.75 Å². The zero-order valence-corrected chi connectivity index (χ0v) is 12.1. The second-order valence-corrected chi connectivity index (χ2v) is 4.53. The Bertz CT molecular complexity index is 572. The lowest BCUT2D eigenvalue weighted by atomic mass is 10.2. The maximum Gasteiger partial charge on any atom is 0.204 e. The second-order valence-electron chi connectivity index (χ2n) is 4.53. The highest BCUT2D eigenvalue weighted by atomic mass is 16.5. The highest BCUT2D eigenvalue weighted by Gasteiger charge is 2.11. The van der Waals surface area contributed by atoms with Crippen molar-refractivity contribution in [2.75, 3.05) is 24.3 Å². The van der Waals surface area contributed by atoms with Crippen molar-refractivity contribution >= 4 is 17.3 Å². The summed E-state index contributed by atoms with van der Waals surface area (Å²) in [6.45, 7) is 5.00. The molecule has 2 N–H and O–H groups in total. The molecule has 1 aromatic carbocycles. The molecule has 20 heavy (non-hydrogen) atoms. The molecule has 1 heterocycles. The lowest BCUT2D eigenvalue weighted by Crippen LogP contribution is -2.07. The summed E-state index contributed by atoms with van der Waals surface area (Å²) < 4.78 is 5.43. The van der Waals surface area contributed by atoms with Crippen molar-refractivity contribution in [1.29, 1.82) is 0 Å². The monoisotopic (exact) mass is 272 g/mol. The molecule has 0 amide bonds. The zero-order valence-electron chi connectivity index (χ0n) is 12.1. The Morgan fingerprint density at radius 3 is 2.70 bits per heavy atom. The summed E-state index contributed by atoms with van der Waals surface area (Å²) in [5.74, 6) is 1.99. The zero-order chi connectivity index (χ0) is 14.4. The van der Waals surface area contributed by atoms with Gasteiger partial charge in [-0.05, 0) is 31.0 Å². The van der Waals surface area contributed by atoms with Crippen LogP contribution < -0.4 is 15.4 Å². The van der Waals surface area contributed by atoms with E-state index in [0.717, 1.165) is 18.7 Å². The summed E-state index contributed by atoms with van der Waals surface area (Å²) in [4.78, 5) is 8.48. The molecular weight excluding hydrogens is 252 g/mol. The molecule has 0 radical (unpaired) electrons. The van der Waals surface area contributed by atoms with Gasteiger partial charge in [-0.2, -0.15) is 0 Å². The van der Waals surface area contributed by atoms with Crippen molar-refractivity contribution in [2.45, 2.75) is 20.3 Å². The van der Waals surface area contributed by atoms with Crippen LogP contribution in [-0.2, 0) is 0 Å². The lowest BCUT2D eigenvalue weighted by Gasteiger charge is -2.14. The molecule has 0 aliphatic carbocycles. The molecule has 106 valence electrons. The summed E-state index contributed by atoms with van der Waals surface area (Å²) in [5, 5.41) is 6.50. The number of benzene rings is 1. The van der Waals surface area contributed by atoms with Gasteiger partial charge in [-0.3, -0.25) is 0 Å². The summed E-state index contributed by atoms with van der Waals surface area (Å²) in [6.07, 6.45) is 2.55. The SMILES string of the molecule is CCCNc1ncnc(Nc2cccc(C)c2)c1OC. The van der Waals surface area contributed by atoms with Gasteiger partial charge in [0.05, 0.1) is 7.11 Å². The minimum atomic E-state index is 0.627. The Kier molecular flexibility index (Phi) is 4.76. The average molecular weight is 272 g/mol. The second kappa shape index (κ2) is 6.75. The van der Waals surface area contributed by atoms with Crippen molar-refractivity contribution in [3.63, 3.8) is 0 Å². The maximum absolute atomic E-state index is 5.43. The van der Waals surface area contributed by atoms with Crippen LogP contribution >= 0.6 is 0 Å². The van der Waals surface area contributed by atoms with Crippen LogP contribution in [0.4, 0.5) is 17.3 Å². The molecule has 2 aromatic rings. The van der Waals surface area contributed by atoms with Gasteiger partial charge in [0.25, 0.3) is 0 Å². The molecule has 0 aliphatic heterocycles. The van der Waals surface area contributed by atoms with Crippen LogP contribution in [0.25, 0.3) is 0 Å². The fourth-order valence-corrected chi connectivity index (χ4v) is 1.88. The van der Waals surface area contributed by atoms with E-state index in [2.05, 4.69) is 46.6 Å². The number of anilines is 3. The molecule has 2 rings (SSSR count). The smallest absolute Gasteiger partial charge is 0.204 e. The van der Waals surface area contributed by atoms with Gasteiger partial charge in [0.1, 0.15) is 6.33 Å². The number of rotatable bonds is 6. The number of hydrogen-bond donors (Lipinski definition) is 2. The molecular formula is C15H20N4O. The molecule has 0 bridgehead atoms. The van der Waals surface area contributed by atoms with Gasteiger partial charge in [-0.15, -0.1) is 0 Å². The number of nitrogens with zero attached hydrogens (tertiary/aromatic N) is 2. The third-order valence-corrected chi connectivity index (χ3v) is 2.83. The van der Waals surface area contributed by atoms with E-state index in [1.807, 2.05) is 12.1 Å². The van der Waals surface area contributed by atoms with Crippen LogP contribution in [-0.4, -0.2) is 23.6 Å². The largest absolute Gasteiger partial charge is 0.490 e. The van der Waals surface area contributed by atoms with E-state index in [4.69, 9.17) is 4.74 Å². The quantitative estimate of drug-likeness (QED) is 0.844. The van der Waals surface area contributed by atoms with E-state index in [9.17, 15) is 0 Å². The van der Waals surface area contributed by atoms with Gasteiger partial charge in [0, 0.05) is 12.2 Å². The van der Waals surface area contributed by atoms with Gasteiger partial charge in [-0.25, -0.2) is 9.97 Å². The van der Waals surface area contributed by atoms with E-state index in [-0.39, 0.29) is 0 Å². The van der Waals surface area contributed by atoms with Crippen LogP contribution in [0, 0.1) is 6.92 Å². The standard InChI is InChI=1S/C15H20N4O/c1-4-8-16-14-13(20-3)15(18-10-17-14)19-12-7-5-6-11(2)9-12/h5-7,9-10H,4,8H2,1-3H3,(H2,16,17,18,19). The van der Waals surface area contributed by atoms with Gasteiger partial charge < -0.3 is 15.4 Å². The highest BCUT2D eigenvalue weighted by molar-refractivity contribution is 5.69. The Morgan fingerprint density at radius 2 is 2.00 bits per heavy atom. The summed E-state index contributed by atoms with van der Waals surface area (Å²) in [7, 11) is 1.62. The van der Waals surface area contributed by atoms with Crippen molar-refractivity contribution in [3.8, 4) is 5.75 Å². The van der Waals surface area contributed by atoms with Gasteiger partial charge >= 0.3 is 0 Å². The van der Waals surface area contributed by atoms with Crippen molar-refractivity contribution in [3.05, 3.63) is 36.2 Å². The Labute approximate surface area is 119 Å². The lowest BCUT2D eigenvalue weighted by molar-refractivity contribution is 0.415. The van der Waals surface area contributed by atoms with Crippen LogP contribution in [0.2, 0.25) is 0 Å². The molecule has 5 nitrogen and oxygen atoms in total. The van der Waals surface area contributed by atoms with E-state index < -0.39 is 0 Å². The summed E-state index contributed by atoms with van der Waals surface area (Å²) >= 11 is 0. The van der Waals surface area contributed by atoms with Crippen molar-refractivity contribution in [2.24, 2.45) is 0 Å². The Balaban J connectivity index is 2.26. The van der Waals surface area contributed by atoms with E-state index in [0.29, 0.717) is 17.4 Å². The first-order valence-electron chi connectivity index (χ1n) is 6.71. The number of nitrogens with one attached hydrogen (secondary N) is 2. The van der Waals surface area contributed by atoms with E-state index in [1.165, 1.54) is 11.9 Å². The molecule has 0 saturated heterocycles. The molecule has 0 unspecified atom stereocenters. The van der Waals surface area contributed by atoms with Crippen molar-refractivity contribution in [1.82, 2.24) is 9.97 Å². The third-order valence-electron chi connectivity index (χ3n) is 2.83. The fourth-order valence-electron chi connectivity index (χ4n) is 1.88. The van der Waals surface area contributed by atoms with E-state index >= 15 is 0 Å². The number of aryl methyl sites for hydroxylation is 1. The molecule has 0 spiro atoms. The minimum Gasteiger partial charge on any atom is -0.490 e. The summed E-state index contributed by atoms with van der Waals surface area (Å²) in [5.41, 5.74) is 2.16. The first kappa shape index (κ1) is 14.1. The molecule has 5 heteroatoms. The van der Waals surface area contributed by atoms with Crippen LogP contribution in [0.5, 0.6) is 5.75 Å². The highest BCUT2D eigenvalue weighted by Crippen LogP contribution is 2.31. The predicted molar refractivity (Wildman–Crippen MR) is 81.8 cm³/mol. The van der Waals surface area contributed by atoms with Crippen LogP contribution in [0.3, 0.4) is 0 Å². The van der Waals surface area contributed by atoms with Crippen LogP contribution in [0.1, 0.15) is 18.9 Å². The number of methoxy groups -OCH3 is 1. The fraction of sp³-hybridized carbons (Fsp3) is 0.333. The number of ether oxygens (including phenoxy) is 1. The topological polar surface area (TPSA) is 59.1 Å². The molecule has 1 aromatic heterocycles. The third kappa shape index (κ3) is 3.38. The minimum absolute atomic E-state index is 0.627. The van der Waals surface area contributed by atoms with Crippen LogP contribution in [0.15, 0.2) is 30.6 Å². The number of aromatic nitrogens is 2. The normalized spacial score (nSPS) is 10.2. The Morgan fingerprint density at radius 1 is 1.20 bits per heavy atom. The van der Waals surface area contributed by atoms with Gasteiger partial charge in [-0.1, -0.05) is 19.1 Å². The first-order chi connectivity index (χ1) is 9.74. The maximum atomic E-state index is 5.43. The summed E-state index contributed by atoms with van der Waals surface area (Å²) in [6, 6.07) is 8.10. The van der Waals surface area contributed by atoms with E-state index in [1.54, 1.807) is 7.11 Å². The molecule has 0 fully saturated rings. The van der Waals surface area contributed by atoms with Gasteiger partial charge in [0.15, 0.2) is 11.6 Å². The predicted octanol–water partition coefficient (Wildman–Crippen LogP) is 3.36. The number of hydrogen-bond acceptors (Lipinski definition) is 5. The molecule has 0 aliphatic rings. The Hall–Kier alpha value is -2.30. The average Bonchev–Trinajstić information content (AvgIpc) is 2.45. The first-order valence-corrected chi connectivity index (χ1v) is 6.71. The molecule has 0 saturated carbocycles. The van der Waals surface area contributed by atoms with Crippen molar-refractivity contribution < 1.29 is 4.74 Å².